The maximum Gasteiger partial charge on any atom is 0.330 e. The number of hydrogen-bond acceptors (Lipinski definition) is 3. The van der Waals surface area contributed by atoms with Crippen molar-refractivity contribution >= 4 is 11.9 Å². The molecule has 1 fully saturated rings. The van der Waals surface area contributed by atoms with Crippen molar-refractivity contribution in [3.63, 3.8) is 0 Å². The van der Waals surface area contributed by atoms with E-state index in [0.717, 1.165) is 12.8 Å². The normalized spacial score (nSPS) is 23.2. The second-order valence-electron chi connectivity index (χ2n) is 6.53. The number of aryl methyl sites for hydroxylation is 1. The van der Waals surface area contributed by atoms with E-state index in [-0.39, 0.29) is 5.91 Å². The maximum atomic E-state index is 12.4. The summed E-state index contributed by atoms with van der Waals surface area (Å²) in [4.78, 5) is 30.3. The van der Waals surface area contributed by atoms with Crippen LogP contribution >= 0.6 is 0 Å². The first-order valence-corrected chi connectivity index (χ1v) is 8.21. The minimum Gasteiger partial charge on any atom is -0.479 e. The van der Waals surface area contributed by atoms with Gasteiger partial charge in [-0.3, -0.25) is 4.79 Å². The first kappa shape index (κ1) is 15.8. The number of amides is 1. The van der Waals surface area contributed by atoms with E-state index >= 15 is 0 Å². The van der Waals surface area contributed by atoms with Gasteiger partial charge in [0.1, 0.15) is 11.4 Å². The Morgan fingerprint density at radius 3 is 2.65 bits per heavy atom. The van der Waals surface area contributed by atoms with Gasteiger partial charge in [0.15, 0.2) is 0 Å². The Labute approximate surface area is 135 Å². The Kier molecular flexibility index (Phi) is 4.24. The standard InChI is InChI=1S/C17H23N3O3/c1-13-18-8-11-20(13)17(16(22)23)6-9-19(10-7-17)15(21)12-14-4-2-3-5-14/h2,4,8,11,14H,3,5-7,9-10,12H2,1H3,(H,22,23). The zero-order valence-corrected chi connectivity index (χ0v) is 13.4. The number of carboxylic acid groups (broad SMARTS) is 1. The SMILES string of the molecule is Cc1nccn1C1(C(=O)O)CCN(C(=O)CC2C=CCC2)CC1. The summed E-state index contributed by atoms with van der Waals surface area (Å²) >= 11 is 0. The summed E-state index contributed by atoms with van der Waals surface area (Å²) in [5.74, 6) is 0.347. The highest BCUT2D eigenvalue weighted by Crippen LogP contribution is 2.32. The van der Waals surface area contributed by atoms with Crippen molar-refractivity contribution in [1.82, 2.24) is 14.5 Å². The third kappa shape index (κ3) is 2.90. The molecule has 1 aliphatic carbocycles. The van der Waals surface area contributed by atoms with Crippen LogP contribution in [0.25, 0.3) is 0 Å². The van der Waals surface area contributed by atoms with Gasteiger partial charge in [-0.15, -0.1) is 0 Å². The molecule has 1 aromatic rings. The van der Waals surface area contributed by atoms with Crippen LogP contribution in [0.15, 0.2) is 24.5 Å². The Morgan fingerprint density at radius 1 is 1.39 bits per heavy atom. The molecule has 2 heterocycles. The number of allylic oxidation sites excluding steroid dienone is 2. The third-order valence-electron chi connectivity index (χ3n) is 5.18. The first-order chi connectivity index (χ1) is 11.0. The van der Waals surface area contributed by atoms with Gasteiger partial charge in [-0.2, -0.15) is 0 Å². The zero-order chi connectivity index (χ0) is 16.4. The molecule has 3 rings (SSSR count). The van der Waals surface area contributed by atoms with E-state index < -0.39 is 11.5 Å². The number of nitrogens with zero attached hydrogens (tertiary/aromatic N) is 3. The lowest BCUT2D eigenvalue weighted by Crippen LogP contribution is -2.52. The lowest BCUT2D eigenvalue weighted by atomic mass is 9.86. The predicted octanol–water partition coefficient (Wildman–Crippen LogP) is 1.95. The monoisotopic (exact) mass is 317 g/mol. The molecule has 1 unspecified atom stereocenters. The molecule has 0 spiro atoms. The average molecular weight is 317 g/mol. The van der Waals surface area contributed by atoms with Crippen molar-refractivity contribution in [3.8, 4) is 0 Å². The molecule has 0 bridgehead atoms. The fourth-order valence-electron chi connectivity index (χ4n) is 3.73. The largest absolute Gasteiger partial charge is 0.479 e. The topological polar surface area (TPSA) is 75.4 Å². The van der Waals surface area contributed by atoms with Crippen LogP contribution in [0.2, 0.25) is 0 Å². The summed E-state index contributed by atoms with van der Waals surface area (Å²) in [5.41, 5.74) is -0.982. The highest BCUT2D eigenvalue weighted by Gasteiger charge is 2.44. The van der Waals surface area contributed by atoms with E-state index in [9.17, 15) is 14.7 Å². The van der Waals surface area contributed by atoms with Crippen molar-refractivity contribution in [3.05, 3.63) is 30.4 Å². The molecule has 1 aliphatic heterocycles. The molecule has 1 N–H and O–H groups in total. The summed E-state index contributed by atoms with van der Waals surface area (Å²) < 4.78 is 1.75. The smallest absolute Gasteiger partial charge is 0.330 e. The molecular formula is C17H23N3O3. The summed E-state index contributed by atoms with van der Waals surface area (Å²) in [6, 6.07) is 0. The lowest BCUT2D eigenvalue weighted by Gasteiger charge is -2.40. The molecule has 6 heteroatoms. The molecule has 0 aromatic carbocycles. The Morgan fingerprint density at radius 2 is 2.13 bits per heavy atom. The quantitative estimate of drug-likeness (QED) is 0.861. The number of hydrogen-bond donors (Lipinski definition) is 1. The van der Waals surface area contributed by atoms with Crippen molar-refractivity contribution in [2.24, 2.45) is 5.92 Å². The second kappa shape index (κ2) is 6.18. The molecule has 0 radical (unpaired) electrons. The van der Waals surface area contributed by atoms with Crippen molar-refractivity contribution < 1.29 is 14.7 Å². The van der Waals surface area contributed by atoms with Crippen LogP contribution in [0.5, 0.6) is 0 Å². The molecule has 6 nitrogen and oxygen atoms in total. The molecule has 1 aromatic heterocycles. The maximum absolute atomic E-state index is 12.4. The van der Waals surface area contributed by atoms with E-state index in [0.29, 0.717) is 44.1 Å². The number of carbonyl (C=O) groups excluding carboxylic acids is 1. The number of piperidine rings is 1. The van der Waals surface area contributed by atoms with Gasteiger partial charge < -0.3 is 14.6 Å². The van der Waals surface area contributed by atoms with Gasteiger partial charge in [0.05, 0.1) is 0 Å². The Bertz CT molecular complexity index is 627. The van der Waals surface area contributed by atoms with Crippen LogP contribution in [-0.4, -0.2) is 44.5 Å². The minimum atomic E-state index is -0.982. The van der Waals surface area contributed by atoms with Crippen molar-refractivity contribution in [1.29, 1.82) is 0 Å². The summed E-state index contributed by atoms with van der Waals surface area (Å²) in [6.45, 7) is 2.78. The minimum absolute atomic E-state index is 0.142. The van der Waals surface area contributed by atoms with Gasteiger partial charge in [-0.05, 0) is 38.5 Å². The van der Waals surface area contributed by atoms with Crippen LogP contribution in [0.1, 0.15) is 37.9 Å². The number of likely N-dealkylation sites (tertiary alicyclic amines) is 1. The van der Waals surface area contributed by atoms with Crippen LogP contribution in [0.4, 0.5) is 0 Å². The van der Waals surface area contributed by atoms with E-state index in [4.69, 9.17) is 0 Å². The Balaban J connectivity index is 1.68. The van der Waals surface area contributed by atoms with Crippen LogP contribution in [0.3, 0.4) is 0 Å². The molecular weight excluding hydrogens is 294 g/mol. The number of aromatic nitrogens is 2. The van der Waals surface area contributed by atoms with Crippen molar-refractivity contribution in [2.45, 2.75) is 44.6 Å². The first-order valence-electron chi connectivity index (χ1n) is 8.21. The van der Waals surface area contributed by atoms with Gasteiger partial charge >= 0.3 is 5.97 Å². The van der Waals surface area contributed by atoms with Gasteiger partial charge in [0, 0.05) is 31.9 Å². The van der Waals surface area contributed by atoms with Gasteiger partial charge in [-0.25, -0.2) is 9.78 Å². The van der Waals surface area contributed by atoms with Gasteiger partial charge in [0.25, 0.3) is 0 Å². The molecule has 1 atom stereocenters. The van der Waals surface area contributed by atoms with Crippen LogP contribution in [0, 0.1) is 12.8 Å². The van der Waals surface area contributed by atoms with E-state index in [1.54, 1.807) is 17.0 Å². The fourth-order valence-corrected chi connectivity index (χ4v) is 3.73. The van der Waals surface area contributed by atoms with Crippen LogP contribution < -0.4 is 0 Å². The Hall–Kier alpha value is -2.11. The molecule has 23 heavy (non-hydrogen) atoms. The lowest BCUT2D eigenvalue weighted by molar-refractivity contribution is -0.153. The number of rotatable bonds is 4. The molecule has 124 valence electrons. The second-order valence-corrected chi connectivity index (χ2v) is 6.53. The fraction of sp³-hybridized carbons (Fsp3) is 0.588. The van der Waals surface area contributed by atoms with Crippen molar-refractivity contribution in [2.75, 3.05) is 13.1 Å². The molecule has 0 saturated carbocycles. The number of aliphatic carboxylic acids is 1. The number of carbonyl (C=O) groups is 2. The third-order valence-corrected chi connectivity index (χ3v) is 5.18. The van der Waals surface area contributed by atoms with E-state index in [1.807, 2.05) is 11.8 Å². The highest BCUT2D eigenvalue weighted by atomic mass is 16.4. The molecule has 1 amide bonds. The number of carboxylic acids is 1. The zero-order valence-electron chi connectivity index (χ0n) is 13.4. The predicted molar refractivity (Wildman–Crippen MR) is 84.9 cm³/mol. The summed E-state index contributed by atoms with van der Waals surface area (Å²) in [5, 5.41) is 9.78. The van der Waals surface area contributed by atoms with Crippen LogP contribution in [-0.2, 0) is 15.1 Å². The molecule has 2 aliphatic rings. The molecule has 1 saturated heterocycles. The van der Waals surface area contributed by atoms with E-state index in [1.165, 1.54) is 0 Å². The summed E-state index contributed by atoms with van der Waals surface area (Å²) in [6.07, 6.45) is 11.1. The van der Waals surface area contributed by atoms with Gasteiger partial charge in [0.2, 0.25) is 5.91 Å². The number of imidazole rings is 1. The summed E-state index contributed by atoms with van der Waals surface area (Å²) in [7, 11) is 0. The van der Waals surface area contributed by atoms with Gasteiger partial charge in [-0.1, -0.05) is 12.2 Å². The average Bonchev–Trinajstić information content (AvgIpc) is 3.19. The highest BCUT2D eigenvalue weighted by molar-refractivity contribution is 5.79. The van der Waals surface area contributed by atoms with E-state index in [2.05, 4.69) is 17.1 Å².